The lowest BCUT2D eigenvalue weighted by molar-refractivity contribution is 0.0521. The van der Waals surface area contributed by atoms with E-state index in [2.05, 4.69) is 20.5 Å². The lowest BCUT2D eigenvalue weighted by Gasteiger charge is -2.13. The highest BCUT2D eigenvalue weighted by atomic mass is 32.1. The van der Waals surface area contributed by atoms with Crippen molar-refractivity contribution < 1.29 is 9.53 Å². The first kappa shape index (κ1) is 13.5. The van der Waals surface area contributed by atoms with Crippen LogP contribution in [0.2, 0.25) is 0 Å². The molecule has 2 aromatic heterocycles. The summed E-state index contributed by atoms with van der Waals surface area (Å²) in [5.41, 5.74) is 1.92. The second-order valence-corrected chi connectivity index (χ2v) is 4.77. The maximum atomic E-state index is 11.7. The number of rotatable bonds is 5. The Morgan fingerprint density at radius 3 is 3.05 bits per heavy atom. The van der Waals surface area contributed by atoms with Gasteiger partial charge in [-0.15, -0.1) is 21.5 Å². The van der Waals surface area contributed by atoms with Crippen molar-refractivity contribution >= 4 is 22.3 Å². The molecule has 0 bridgehead atoms. The van der Waals surface area contributed by atoms with Crippen molar-refractivity contribution in [2.45, 2.75) is 19.9 Å². The fourth-order valence-corrected chi connectivity index (χ4v) is 2.39. The highest BCUT2D eigenvalue weighted by Gasteiger charge is 2.19. The number of hydrogen-bond acceptors (Lipinski definition) is 7. The summed E-state index contributed by atoms with van der Waals surface area (Å²) < 4.78 is 6.78. The number of aromatic nitrogens is 4. The van der Waals surface area contributed by atoms with Crippen molar-refractivity contribution in [1.29, 1.82) is 0 Å². The molecule has 0 spiro atoms. The molecule has 1 atom stereocenters. The zero-order chi connectivity index (χ0) is 13.8. The monoisotopic (exact) mass is 281 g/mol. The molecule has 0 saturated heterocycles. The molecule has 19 heavy (non-hydrogen) atoms. The lowest BCUT2D eigenvalue weighted by Crippen LogP contribution is -2.14. The second-order valence-electron chi connectivity index (χ2n) is 3.92. The van der Waals surface area contributed by atoms with Crippen LogP contribution in [0.3, 0.4) is 0 Å². The van der Waals surface area contributed by atoms with Gasteiger partial charge in [0.15, 0.2) is 11.5 Å². The van der Waals surface area contributed by atoms with Gasteiger partial charge in [-0.2, -0.15) is 0 Å². The Bertz CT molecular complexity index is 565. The molecule has 8 heteroatoms. The van der Waals surface area contributed by atoms with E-state index in [4.69, 9.17) is 4.74 Å². The van der Waals surface area contributed by atoms with E-state index in [1.165, 1.54) is 11.3 Å². The zero-order valence-electron chi connectivity index (χ0n) is 11.0. The van der Waals surface area contributed by atoms with Gasteiger partial charge >= 0.3 is 5.97 Å². The number of aryl methyl sites for hydroxylation is 1. The van der Waals surface area contributed by atoms with Crippen LogP contribution in [0.25, 0.3) is 0 Å². The van der Waals surface area contributed by atoms with Crippen molar-refractivity contribution in [3.05, 3.63) is 23.4 Å². The molecule has 2 rings (SSSR count). The summed E-state index contributed by atoms with van der Waals surface area (Å²) in [6, 6.07) is -0.0823. The molecule has 0 aliphatic carbocycles. The predicted molar refractivity (Wildman–Crippen MR) is 71.1 cm³/mol. The molecule has 2 heterocycles. The number of nitrogens with one attached hydrogen (secondary N) is 1. The number of nitrogens with zero attached hydrogens (tertiary/aromatic N) is 4. The minimum atomic E-state index is -0.420. The Hall–Kier alpha value is -1.96. The number of carbonyl (C=O) groups excluding carboxylic acids is 1. The van der Waals surface area contributed by atoms with Crippen LogP contribution in [-0.4, -0.2) is 32.3 Å². The van der Waals surface area contributed by atoms with Crippen LogP contribution in [0.15, 0.2) is 11.8 Å². The maximum Gasteiger partial charge on any atom is 0.360 e. The first-order valence-electron chi connectivity index (χ1n) is 5.84. The van der Waals surface area contributed by atoms with Crippen LogP contribution >= 0.6 is 11.3 Å². The van der Waals surface area contributed by atoms with Gasteiger partial charge in [0, 0.05) is 7.05 Å². The highest BCUT2D eigenvalue weighted by Crippen LogP contribution is 2.25. The van der Waals surface area contributed by atoms with Gasteiger partial charge in [-0.3, -0.25) is 0 Å². The molecule has 0 aliphatic rings. The average molecular weight is 281 g/mol. The van der Waals surface area contributed by atoms with Gasteiger partial charge in [-0.25, -0.2) is 9.78 Å². The number of ether oxygens (including phenoxy) is 1. The quantitative estimate of drug-likeness (QED) is 0.839. The van der Waals surface area contributed by atoms with Crippen molar-refractivity contribution in [2.24, 2.45) is 7.05 Å². The molecular weight excluding hydrogens is 266 g/mol. The van der Waals surface area contributed by atoms with Crippen LogP contribution in [0, 0.1) is 0 Å². The van der Waals surface area contributed by atoms with Crippen LogP contribution in [0.1, 0.15) is 36.2 Å². The summed E-state index contributed by atoms with van der Waals surface area (Å²) in [7, 11) is 1.87. The third-order valence-electron chi connectivity index (χ3n) is 2.52. The molecule has 102 valence electrons. The topological polar surface area (TPSA) is 81.9 Å². The Labute approximate surface area is 114 Å². The fourth-order valence-electron chi connectivity index (χ4n) is 1.64. The summed E-state index contributed by atoms with van der Waals surface area (Å²) in [6.45, 7) is 4.03. The van der Waals surface area contributed by atoms with Crippen LogP contribution in [0.5, 0.6) is 0 Å². The van der Waals surface area contributed by atoms with E-state index in [1.54, 1.807) is 18.8 Å². The summed E-state index contributed by atoms with van der Waals surface area (Å²) in [6.07, 6.45) is 1.63. The Kier molecular flexibility index (Phi) is 4.10. The van der Waals surface area contributed by atoms with Gasteiger partial charge in [0.2, 0.25) is 0 Å². The zero-order valence-corrected chi connectivity index (χ0v) is 11.8. The standard InChI is InChI=1S/C11H15N5O2S/c1-4-18-11(17)8-10(19-6-12-8)14-7(2)9-15-13-5-16(9)3/h5-7,14H,4H2,1-3H3. The molecule has 2 aromatic rings. The van der Waals surface area contributed by atoms with Gasteiger partial charge < -0.3 is 14.6 Å². The first-order chi connectivity index (χ1) is 9.13. The van der Waals surface area contributed by atoms with E-state index in [0.29, 0.717) is 17.3 Å². The van der Waals surface area contributed by atoms with Crippen LogP contribution in [-0.2, 0) is 11.8 Å². The third-order valence-corrected chi connectivity index (χ3v) is 3.28. The molecule has 0 aliphatic heterocycles. The Morgan fingerprint density at radius 1 is 1.63 bits per heavy atom. The van der Waals surface area contributed by atoms with E-state index in [1.807, 2.05) is 18.5 Å². The summed E-state index contributed by atoms with van der Waals surface area (Å²) in [5.74, 6) is 0.361. The van der Waals surface area contributed by atoms with E-state index >= 15 is 0 Å². The van der Waals surface area contributed by atoms with Crippen LogP contribution in [0.4, 0.5) is 5.00 Å². The second kappa shape index (κ2) is 5.79. The highest BCUT2D eigenvalue weighted by molar-refractivity contribution is 7.14. The SMILES string of the molecule is CCOC(=O)c1ncsc1NC(C)c1nncn1C. The van der Waals surface area contributed by atoms with E-state index in [9.17, 15) is 4.79 Å². The van der Waals surface area contributed by atoms with Crippen molar-refractivity contribution in [3.63, 3.8) is 0 Å². The van der Waals surface area contributed by atoms with Crippen molar-refractivity contribution in [2.75, 3.05) is 11.9 Å². The minimum absolute atomic E-state index is 0.0823. The van der Waals surface area contributed by atoms with E-state index in [0.717, 1.165) is 5.82 Å². The third kappa shape index (κ3) is 2.90. The molecule has 1 unspecified atom stereocenters. The van der Waals surface area contributed by atoms with Crippen LogP contribution < -0.4 is 5.32 Å². The summed E-state index contributed by atoms with van der Waals surface area (Å²) >= 11 is 1.35. The minimum Gasteiger partial charge on any atom is -0.461 e. The number of esters is 1. The molecule has 0 saturated carbocycles. The van der Waals surface area contributed by atoms with Gasteiger partial charge in [-0.1, -0.05) is 0 Å². The molecule has 0 amide bonds. The smallest absolute Gasteiger partial charge is 0.360 e. The predicted octanol–water partition coefficient (Wildman–Crippen LogP) is 1.62. The molecule has 1 N–H and O–H groups in total. The fraction of sp³-hybridized carbons (Fsp3) is 0.455. The molecule has 0 aromatic carbocycles. The Morgan fingerprint density at radius 2 is 2.42 bits per heavy atom. The largest absolute Gasteiger partial charge is 0.461 e. The molecule has 7 nitrogen and oxygen atoms in total. The lowest BCUT2D eigenvalue weighted by atomic mass is 10.3. The van der Waals surface area contributed by atoms with E-state index in [-0.39, 0.29) is 6.04 Å². The molecular formula is C11H15N5O2S. The van der Waals surface area contributed by atoms with Gasteiger partial charge in [0.05, 0.1) is 18.2 Å². The number of thiazole rings is 1. The maximum absolute atomic E-state index is 11.7. The first-order valence-corrected chi connectivity index (χ1v) is 6.72. The Balaban J connectivity index is 2.14. The number of hydrogen-bond donors (Lipinski definition) is 1. The summed E-state index contributed by atoms with van der Waals surface area (Å²) in [5, 5.41) is 11.7. The summed E-state index contributed by atoms with van der Waals surface area (Å²) in [4.78, 5) is 15.7. The van der Waals surface area contributed by atoms with E-state index < -0.39 is 5.97 Å². The number of carbonyl (C=O) groups is 1. The van der Waals surface area contributed by atoms with Crippen molar-refractivity contribution in [3.8, 4) is 0 Å². The van der Waals surface area contributed by atoms with Gasteiger partial charge in [0.1, 0.15) is 11.3 Å². The van der Waals surface area contributed by atoms with Crippen molar-refractivity contribution in [1.82, 2.24) is 19.7 Å². The van der Waals surface area contributed by atoms with Gasteiger partial charge in [-0.05, 0) is 13.8 Å². The normalized spacial score (nSPS) is 12.2. The molecule has 0 radical (unpaired) electrons. The average Bonchev–Trinajstić information content (AvgIpc) is 2.98. The molecule has 0 fully saturated rings. The number of anilines is 1. The van der Waals surface area contributed by atoms with Gasteiger partial charge in [0.25, 0.3) is 0 Å².